The van der Waals surface area contributed by atoms with E-state index in [2.05, 4.69) is 48.5 Å². The zero-order valence-corrected chi connectivity index (χ0v) is 68.2. The maximum atomic E-state index is 13.1. The fraction of sp³-hybridized carbons (Fsp3) is 0.951. The lowest BCUT2D eigenvalue weighted by molar-refractivity contribution is -0.161. The average Bonchev–Trinajstić information content (AvgIpc) is 0.917. The third-order valence-corrected chi connectivity index (χ3v) is 21.4. The highest BCUT2D eigenvalue weighted by Crippen LogP contribution is 2.45. The van der Waals surface area contributed by atoms with E-state index >= 15 is 0 Å². The number of hydrogen-bond donors (Lipinski definition) is 3. The molecule has 0 aliphatic carbocycles. The van der Waals surface area contributed by atoms with Gasteiger partial charge in [-0.05, 0) is 43.4 Å². The Bertz CT molecular complexity index is 1960. The number of phosphoric acid groups is 2. The van der Waals surface area contributed by atoms with Crippen molar-refractivity contribution in [2.75, 3.05) is 39.6 Å². The zero-order valence-electron chi connectivity index (χ0n) is 66.4. The first-order valence-corrected chi connectivity index (χ1v) is 45.4. The minimum atomic E-state index is -4.96. The molecule has 0 rings (SSSR count). The summed E-state index contributed by atoms with van der Waals surface area (Å²) in [4.78, 5) is 73.1. The molecule has 0 saturated heterocycles. The fourth-order valence-electron chi connectivity index (χ4n) is 12.6. The van der Waals surface area contributed by atoms with E-state index in [0.29, 0.717) is 25.7 Å². The Kier molecular flexibility index (Phi) is 70.9. The van der Waals surface area contributed by atoms with E-state index in [1.165, 1.54) is 231 Å². The highest BCUT2D eigenvalue weighted by Gasteiger charge is 2.30. The molecule has 0 aromatic rings. The first kappa shape index (κ1) is 99.1. The maximum absolute atomic E-state index is 13.1. The number of hydrogen-bond acceptors (Lipinski definition) is 15. The largest absolute Gasteiger partial charge is 0.472 e. The molecule has 0 amide bonds. The number of carbonyl (C=O) groups is 4. The molecule has 19 heteroatoms. The molecule has 0 saturated carbocycles. The fourth-order valence-corrected chi connectivity index (χ4v) is 14.2. The minimum Gasteiger partial charge on any atom is -0.462 e. The number of esters is 4. The Balaban J connectivity index is 5.24. The minimum absolute atomic E-state index is 0.106. The quantitative estimate of drug-likeness (QED) is 0.0222. The molecule has 3 unspecified atom stereocenters. The van der Waals surface area contributed by atoms with Gasteiger partial charge in [0.1, 0.15) is 19.3 Å². The van der Waals surface area contributed by atoms with Crippen molar-refractivity contribution in [1.29, 1.82) is 0 Å². The number of carbonyl (C=O) groups excluding carboxylic acids is 4. The van der Waals surface area contributed by atoms with Crippen LogP contribution in [0.1, 0.15) is 427 Å². The van der Waals surface area contributed by atoms with Crippen molar-refractivity contribution in [2.24, 2.45) is 17.8 Å². The topological polar surface area (TPSA) is 237 Å². The van der Waals surface area contributed by atoms with Crippen LogP contribution in [0.3, 0.4) is 0 Å². The van der Waals surface area contributed by atoms with Crippen molar-refractivity contribution in [3.63, 3.8) is 0 Å². The number of phosphoric ester groups is 2. The van der Waals surface area contributed by atoms with Crippen molar-refractivity contribution in [2.45, 2.75) is 446 Å². The molecule has 0 aliphatic rings. The van der Waals surface area contributed by atoms with Crippen LogP contribution in [0.4, 0.5) is 0 Å². The second-order valence-corrected chi connectivity index (χ2v) is 33.6. The van der Waals surface area contributed by atoms with Crippen LogP contribution in [0.2, 0.25) is 0 Å². The van der Waals surface area contributed by atoms with Gasteiger partial charge in [0.05, 0.1) is 26.4 Å². The van der Waals surface area contributed by atoms with Gasteiger partial charge in [0, 0.05) is 25.7 Å². The molecule has 600 valence electrons. The van der Waals surface area contributed by atoms with Gasteiger partial charge in [0.2, 0.25) is 0 Å². The predicted molar refractivity (Wildman–Crippen MR) is 414 cm³/mol. The highest BCUT2D eigenvalue weighted by molar-refractivity contribution is 7.47. The van der Waals surface area contributed by atoms with Gasteiger partial charge in [0.15, 0.2) is 12.2 Å². The van der Waals surface area contributed by atoms with E-state index in [-0.39, 0.29) is 25.7 Å². The van der Waals surface area contributed by atoms with Gasteiger partial charge in [-0.2, -0.15) is 0 Å². The molecule has 0 radical (unpaired) electrons. The van der Waals surface area contributed by atoms with Gasteiger partial charge in [-0.25, -0.2) is 9.13 Å². The summed E-state index contributed by atoms with van der Waals surface area (Å²) >= 11 is 0. The Morgan fingerprint density at radius 3 is 0.752 bits per heavy atom. The molecule has 0 fully saturated rings. The number of rotatable bonds is 80. The van der Waals surface area contributed by atoms with Crippen LogP contribution in [-0.4, -0.2) is 96.7 Å². The monoisotopic (exact) mass is 1480 g/mol. The molecule has 6 atom stereocenters. The molecule has 0 bridgehead atoms. The molecule has 0 heterocycles. The summed E-state index contributed by atoms with van der Waals surface area (Å²) in [6.45, 7) is 11.9. The second-order valence-electron chi connectivity index (χ2n) is 30.7. The van der Waals surface area contributed by atoms with Gasteiger partial charge in [-0.1, -0.05) is 376 Å². The van der Waals surface area contributed by atoms with Crippen LogP contribution < -0.4 is 0 Å². The van der Waals surface area contributed by atoms with Crippen LogP contribution in [0.15, 0.2) is 0 Å². The smallest absolute Gasteiger partial charge is 0.462 e. The van der Waals surface area contributed by atoms with Gasteiger partial charge in [0.25, 0.3) is 0 Å². The van der Waals surface area contributed by atoms with Gasteiger partial charge in [-0.3, -0.25) is 37.3 Å². The van der Waals surface area contributed by atoms with E-state index in [1.807, 2.05) is 0 Å². The van der Waals surface area contributed by atoms with E-state index in [0.717, 1.165) is 114 Å². The van der Waals surface area contributed by atoms with Crippen molar-refractivity contribution in [3.05, 3.63) is 0 Å². The standard InChI is InChI=1S/C82H160O17P2/c1-8-10-11-12-13-14-15-16-17-18-19-20-21-22-25-32-37-42-51-58-65-81(86)98-77(69-92-79(84)63-56-49-41-36-31-26-23-24-29-34-39-46-53-60-73(3)4)71-96-100(88,89)94-67-76(83)68-95-101(90,91)97-72-78(70-93-80(85)64-57-50-45-44-48-55-62-75(7)9-2)99-82(87)66-59-52-43-38-33-28-27-30-35-40-47-54-61-74(5)6/h73-78,83H,8-72H2,1-7H3,(H,88,89)(H,90,91)/t75?,76-,77-,78-/m1/s1. The average molecular weight is 1480 g/mol. The molecule has 17 nitrogen and oxygen atoms in total. The molecule has 0 aliphatic heterocycles. The third-order valence-electron chi connectivity index (χ3n) is 19.5. The maximum Gasteiger partial charge on any atom is 0.472 e. The number of aliphatic hydroxyl groups excluding tert-OH is 1. The molecule has 0 aromatic heterocycles. The van der Waals surface area contributed by atoms with E-state index < -0.39 is 97.5 Å². The summed E-state index contributed by atoms with van der Waals surface area (Å²) in [7, 11) is -9.92. The van der Waals surface area contributed by atoms with Crippen LogP contribution >= 0.6 is 15.6 Å². The Morgan fingerprint density at radius 2 is 0.505 bits per heavy atom. The van der Waals surface area contributed by atoms with Crippen molar-refractivity contribution >= 4 is 39.5 Å². The van der Waals surface area contributed by atoms with Crippen LogP contribution in [-0.2, 0) is 65.4 Å². The summed E-state index contributed by atoms with van der Waals surface area (Å²) in [5, 5.41) is 10.6. The SMILES string of the molecule is CCCCCCCCCCCCCCCCCCCCCCC(=O)O[C@H](COC(=O)CCCCCCCCCCCCCCCC(C)C)COP(=O)(O)OC[C@@H](O)COP(=O)(O)OC[C@@H](COC(=O)CCCCCCCCC(C)CC)OC(=O)CCCCCCCCCCCCCCC(C)C. The van der Waals surface area contributed by atoms with E-state index in [4.69, 9.17) is 37.0 Å². The van der Waals surface area contributed by atoms with Crippen molar-refractivity contribution in [3.8, 4) is 0 Å². The highest BCUT2D eigenvalue weighted by atomic mass is 31.2. The van der Waals surface area contributed by atoms with E-state index in [9.17, 15) is 43.2 Å². The summed E-state index contributed by atoms with van der Waals surface area (Å²) < 4.78 is 68.8. The number of aliphatic hydroxyl groups is 1. The molecular weight excluding hydrogens is 1320 g/mol. The van der Waals surface area contributed by atoms with E-state index in [1.54, 1.807) is 0 Å². The van der Waals surface area contributed by atoms with Crippen LogP contribution in [0, 0.1) is 17.8 Å². The zero-order chi connectivity index (χ0) is 74.4. The lowest BCUT2D eigenvalue weighted by Gasteiger charge is -2.21. The summed E-state index contributed by atoms with van der Waals surface area (Å²) in [6.07, 6.45) is 61.1. The molecule has 3 N–H and O–H groups in total. The normalized spacial score (nSPS) is 14.2. The summed E-state index contributed by atoms with van der Waals surface area (Å²) in [6, 6.07) is 0. The number of unbranched alkanes of at least 4 members (excludes halogenated alkanes) is 47. The predicted octanol–water partition coefficient (Wildman–Crippen LogP) is 24.5. The summed E-state index contributed by atoms with van der Waals surface area (Å²) in [5.41, 5.74) is 0. The summed E-state index contributed by atoms with van der Waals surface area (Å²) in [5.74, 6) is 0.187. The molecule has 0 spiro atoms. The molecule has 0 aromatic carbocycles. The number of ether oxygens (including phenoxy) is 4. The first-order chi connectivity index (χ1) is 48.8. The lowest BCUT2D eigenvalue weighted by Crippen LogP contribution is -2.30. The second kappa shape index (κ2) is 72.3. The van der Waals surface area contributed by atoms with Crippen molar-refractivity contribution < 1.29 is 80.2 Å². The van der Waals surface area contributed by atoms with Gasteiger partial charge >= 0.3 is 39.5 Å². The van der Waals surface area contributed by atoms with Crippen LogP contribution in [0.5, 0.6) is 0 Å². The van der Waals surface area contributed by atoms with Crippen LogP contribution in [0.25, 0.3) is 0 Å². The molecular formula is C82H160O17P2. The molecule has 101 heavy (non-hydrogen) atoms. The Morgan fingerprint density at radius 1 is 0.287 bits per heavy atom. The Hall–Kier alpha value is -1.94. The first-order valence-electron chi connectivity index (χ1n) is 42.4. The lowest BCUT2D eigenvalue weighted by atomic mass is 10.00. The third kappa shape index (κ3) is 74.7. The Labute approximate surface area is 619 Å². The van der Waals surface area contributed by atoms with Gasteiger partial charge in [-0.15, -0.1) is 0 Å². The van der Waals surface area contributed by atoms with Gasteiger partial charge < -0.3 is 33.8 Å². The van der Waals surface area contributed by atoms with Crippen molar-refractivity contribution in [1.82, 2.24) is 0 Å².